The fraction of sp³-hybridized carbons (Fsp3) is 0.562. The van der Waals surface area contributed by atoms with E-state index < -0.39 is 5.60 Å². The maximum absolute atomic E-state index is 11.7. The highest BCUT2D eigenvalue weighted by molar-refractivity contribution is 9.11. The summed E-state index contributed by atoms with van der Waals surface area (Å²) in [5, 5.41) is 16.0. The summed E-state index contributed by atoms with van der Waals surface area (Å²) in [6.07, 6.45) is 1.42. The molecule has 1 aliphatic carbocycles. The number of phenols is 1. The van der Waals surface area contributed by atoms with Gasteiger partial charge in [-0.15, -0.1) is 0 Å². The van der Waals surface area contributed by atoms with E-state index in [1.165, 1.54) is 0 Å². The zero-order chi connectivity index (χ0) is 17.2. The molecular formula is C16H22Br2N2O3. The quantitative estimate of drug-likeness (QED) is 0.648. The number of halogens is 2. The molecular weight excluding hydrogens is 428 g/mol. The molecule has 128 valence electrons. The van der Waals surface area contributed by atoms with Crippen molar-refractivity contribution in [2.24, 2.45) is 0 Å². The Bertz CT molecular complexity index is 558. The lowest BCUT2D eigenvalue weighted by molar-refractivity contribution is 0.0465. The van der Waals surface area contributed by atoms with E-state index in [4.69, 9.17) is 4.74 Å². The first-order valence-electron chi connectivity index (χ1n) is 7.54. The fourth-order valence-corrected chi connectivity index (χ4v) is 3.64. The molecule has 1 aromatic rings. The maximum Gasteiger partial charge on any atom is 0.407 e. The summed E-state index contributed by atoms with van der Waals surface area (Å²) in [6.45, 7) is 6.27. The Morgan fingerprint density at radius 3 is 2.35 bits per heavy atom. The molecule has 0 aliphatic heterocycles. The number of ether oxygens (including phenoxy) is 1. The minimum Gasteiger partial charge on any atom is -0.506 e. The predicted molar refractivity (Wildman–Crippen MR) is 96.5 cm³/mol. The number of alkyl carbamates (subject to hydrolysis) is 1. The van der Waals surface area contributed by atoms with Crippen molar-refractivity contribution in [3.05, 3.63) is 26.6 Å². The van der Waals surface area contributed by atoms with Crippen molar-refractivity contribution >= 4 is 38.0 Å². The highest BCUT2D eigenvalue weighted by Gasteiger charge is 2.31. The number of aromatic hydroxyl groups is 1. The van der Waals surface area contributed by atoms with Gasteiger partial charge in [0.15, 0.2) is 0 Å². The molecule has 5 nitrogen and oxygen atoms in total. The normalized spacial score (nSPS) is 20.7. The van der Waals surface area contributed by atoms with Gasteiger partial charge in [0, 0.05) is 18.6 Å². The van der Waals surface area contributed by atoms with Crippen molar-refractivity contribution in [1.29, 1.82) is 0 Å². The lowest BCUT2D eigenvalue weighted by Crippen LogP contribution is -2.52. The Labute approximate surface area is 153 Å². The minimum atomic E-state index is -0.467. The third-order valence-corrected chi connectivity index (χ3v) is 4.74. The molecule has 1 aliphatic rings. The lowest BCUT2D eigenvalue weighted by Gasteiger charge is -2.36. The van der Waals surface area contributed by atoms with Gasteiger partial charge in [-0.2, -0.15) is 0 Å². The third kappa shape index (κ3) is 5.65. The van der Waals surface area contributed by atoms with Gasteiger partial charge in [0.05, 0.1) is 8.95 Å². The summed E-state index contributed by atoms with van der Waals surface area (Å²) < 4.78 is 6.58. The number of benzene rings is 1. The van der Waals surface area contributed by atoms with Gasteiger partial charge >= 0.3 is 6.09 Å². The van der Waals surface area contributed by atoms with E-state index in [0.717, 1.165) is 18.4 Å². The van der Waals surface area contributed by atoms with Gasteiger partial charge < -0.3 is 20.5 Å². The average molecular weight is 450 g/mol. The molecule has 0 bridgehead atoms. The Hall–Kier alpha value is -0.790. The monoisotopic (exact) mass is 448 g/mol. The van der Waals surface area contributed by atoms with Gasteiger partial charge in [0.1, 0.15) is 11.4 Å². The number of rotatable bonds is 4. The van der Waals surface area contributed by atoms with Gasteiger partial charge in [0.2, 0.25) is 0 Å². The standard InChI is InChI=1S/C16H22Br2N2O3/c1-16(2,3)23-15(22)20-11-6-10(7-11)19-8-9-4-12(17)14(21)13(18)5-9/h4-5,10-11,19,21H,6-8H2,1-3H3,(H,20,22). The number of phenolic OH excluding ortho intramolecular Hbond substituents is 1. The second kappa shape index (κ2) is 7.40. The summed E-state index contributed by atoms with van der Waals surface area (Å²) in [5.41, 5.74) is 0.607. The summed E-state index contributed by atoms with van der Waals surface area (Å²) in [5.74, 6) is 0.207. The number of hydrogen-bond donors (Lipinski definition) is 3. The smallest absolute Gasteiger partial charge is 0.407 e. The summed E-state index contributed by atoms with van der Waals surface area (Å²) in [6, 6.07) is 4.33. The van der Waals surface area contributed by atoms with E-state index >= 15 is 0 Å². The fourth-order valence-electron chi connectivity index (χ4n) is 2.36. The molecule has 0 heterocycles. The van der Waals surface area contributed by atoms with E-state index in [0.29, 0.717) is 21.5 Å². The van der Waals surface area contributed by atoms with Gasteiger partial charge in [-0.1, -0.05) is 0 Å². The van der Waals surface area contributed by atoms with Crippen LogP contribution in [0.3, 0.4) is 0 Å². The van der Waals surface area contributed by atoms with Crippen LogP contribution in [-0.2, 0) is 11.3 Å². The molecule has 2 rings (SSSR count). The molecule has 1 fully saturated rings. The first-order chi connectivity index (χ1) is 10.6. The van der Waals surface area contributed by atoms with Crippen LogP contribution in [0.1, 0.15) is 39.2 Å². The molecule has 0 spiro atoms. The minimum absolute atomic E-state index is 0.167. The van der Waals surface area contributed by atoms with Crippen LogP contribution in [0.15, 0.2) is 21.1 Å². The van der Waals surface area contributed by atoms with Gasteiger partial charge in [-0.05, 0) is 83.2 Å². The molecule has 1 saturated carbocycles. The SMILES string of the molecule is CC(C)(C)OC(=O)NC1CC(NCc2cc(Br)c(O)c(Br)c2)C1. The molecule has 0 atom stereocenters. The number of carbonyl (C=O) groups excluding carboxylic acids is 1. The number of carbonyl (C=O) groups is 1. The van der Waals surface area contributed by atoms with Crippen LogP contribution in [0.2, 0.25) is 0 Å². The van der Waals surface area contributed by atoms with Crippen molar-refractivity contribution in [3.8, 4) is 5.75 Å². The molecule has 1 amide bonds. The molecule has 0 radical (unpaired) electrons. The van der Waals surface area contributed by atoms with E-state index in [9.17, 15) is 9.90 Å². The number of nitrogens with one attached hydrogen (secondary N) is 2. The van der Waals surface area contributed by atoms with Crippen LogP contribution in [-0.4, -0.2) is 28.9 Å². The maximum atomic E-state index is 11.7. The number of hydrogen-bond acceptors (Lipinski definition) is 4. The third-order valence-electron chi connectivity index (χ3n) is 3.53. The van der Waals surface area contributed by atoms with E-state index in [1.807, 2.05) is 32.9 Å². The van der Waals surface area contributed by atoms with Crippen molar-refractivity contribution in [2.45, 2.75) is 57.8 Å². The zero-order valence-electron chi connectivity index (χ0n) is 13.5. The summed E-state index contributed by atoms with van der Waals surface area (Å²) in [7, 11) is 0. The average Bonchev–Trinajstić information content (AvgIpc) is 2.36. The summed E-state index contributed by atoms with van der Waals surface area (Å²) in [4.78, 5) is 11.7. The molecule has 7 heteroatoms. The molecule has 0 unspecified atom stereocenters. The topological polar surface area (TPSA) is 70.6 Å². The van der Waals surface area contributed by atoms with Gasteiger partial charge in [0.25, 0.3) is 0 Å². The van der Waals surface area contributed by atoms with Crippen LogP contribution in [0, 0.1) is 0 Å². The van der Waals surface area contributed by atoms with E-state index in [1.54, 1.807) is 0 Å². The van der Waals surface area contributed by atoms with Crippen molar-refractivity contribution in [3.63, 3.8) is 0 Å². The van der Waals surface area contributed by atoms with Crippen molar-refractivity contribution in [2.75, 3.05) is 0 Å². The van der Waals surface area contributed by atoms with Crippen molar-refractivity contribution < 1.29 is 14.6 Å². The second-order valence-electron chi connectivity index (χ2n) is 6.80. The molecule has 1 aromatic carbocycles. The molecule has 0 saturated heterocycles. The van der Waals surface area contributed by atoms with Gasteiger partial charge in [-0.25, -0.2) is 4.79 Å². The predicted octanol–water partition coefficient (Wildman–Crippen LogP) is 4.06. The first kappa shape index (κ1) is 18.5. The molecule has 3 N–H and O–H groups in total. The first-order valence-corrected chi connectivity index (χ1v) is 9.12. The van der Waals surface area contributed by atoms with Gasteiger partial charge in [-0.3, -0.25) is 0 Å². The van der Waals surface area contributed by atoms with Crippen LogP contribution in [0.4, 0.5) is 4.79 Å². The number of amides is 1. The Morgan fingerprint density at radius 2 is 1.83 bits per heavy atom. The molecule has 23 heavy (non-hydrogen) atoms. The van der Waals surface area contributed by atoms with E-state index in [-0.39, 0.29) is 17.9 Å². The Balaban J connectivity index is 1.72. The van der Waals surface area contributed by atoms with Crippen molar-refractivity contribution in [1.82, 2.24) is 10.6 Å². The summed E-state index contributed by atoms with van der Waals surface area (Å²) >= 11 is 6.65. The van der Waals surface area contributed by atoms with Crippen LogP contribution >= 0.6 is 31.9 Å². The van der Waals surface area contributed by atoms with Crippen LogP contribution < -0.4 is 10.6 Å². The lowest BCUT2D eigenvalue weighted by atomic mass is 9.87. The van der Waals surface area contributed by atoms with E-state index in [2.05, 4.69) is 42.5 Å². The van der Waals surface area contributed by atoms with Crippen LogP contribution in [0.25, 0.3) is 0 Å². The van der Waals surface area contributed by atoms with Crippen LogP contribution in [0.5, 0.6) is 5.75 Å². The Kier molecular flexibility index (Phi) is 5.97. The Morgan fingerprint density at radius 1 is 1.26 bits per heavy atom. The zero-order valence-corrected chi connectivity index (χ0v) is 16.6. The highest BCUT2D eigenvalue weighted by Crippen LogP contribution is 2.33. The largest absolute Gasteiger partial charge is 0.506 e. The second-order valence-corrected chi connectivity index (χ2v) is 8.51. The molecule has 0 aromatic heterocycles. The highest BCUT2D eigenvalue weighted by atomic mass is 79.9.